The molecule has 62 valence electrons. The van der Waals surface area contributed by atoms with Crippen molar-refractivity contribution in [1.29, 1.82) is 0 Å². The van der Waals surface area contributed by atoms with E-state index >= 15 is 0 Å². The molecule has 3 heteroatoms. The zero-order chi connectivity index (χ0) is 8.57. The molecule has 0 aliphatic heterocycles. The number of rotatable bonds is 1. The molecule has 0 unspecified atom stereocenters. The number of hydrogen-bond acceptors (Lipinski definition) is 1. The van der Waals surface area contributed by atoms with E-state index in [2.05, 4.69) is 10.6 Å². The molecule has 0 radical (unpaired) electrons. The molecule has 0 spiro atoms. The molecule has 0 aromatic rings. The maximum absolute atomic E-state index is 4.81. The predicted molar refractivity (Wildman–Crippen MR) is 51.3 cm³/mol. The molecular formula is C7H18N2S. The van der Waals surface area contributed by atoms with Gasteiger partial charge in [-0.25, -0.2) is 0 Å². The van der Waals surface area contributed by atoms with E-state index < -0.39 is 0 Å². The van der Waals surface area contributed by atoms with Gasteiger partial charge in [-0.1, -0.05) is 13.8 Å². The first-order valence-corrected chi connectivity index (χ1v) is 4.06. The Morgan fingerprint density at radius 1 is 1.30 bits per heavy atom. The molecule has 10 heavy (non-hydrogen) atoms. The van der Waals surface area contributed by atoms with Gasteiger partial charge in [0.05, 0.1) is 0 Å². The van der Waals surface area contributed by atoms with Crippen LogP contribution in [0.1, 0.15) is 27.7 Å². The van der Waals surface area contributed by atoms with E-state index in [4.69, 9.17) is 12.2 Å². The van der Waals surface area contributed by atoms with Crippen molar-refractivity contribution in [1.82, 2.24) is 10.6 Å². The molecule has 2 nitrogen and oxygen atoms in total. The number of hydrogen-bond donors (Lipinski definition) is 2. The van der Waals surface area contributed by atoms with Crippen molar-refractivity contribution in [3.8, 4) is 0 Å². The second-order valence-electron chi connectivity index (χ2n) is 1.88. The summed E-state index contributed by atoms with van der Waals surface area (Å²) in [5, 5.41) is 6.54. The van der Waals surface area contributed by atoms with Crippen molar-refractivity contribution >= 4 is 17.3 Å². The Kier molecular flexibility index (Phi) is 10.8. The maximum Gasteiger partial charge on any atom is 0.166 e. The minimum atomic E-state index is 0.426. The molecule has 0 aromatic carbocycles. The largest absolute Gasteiger partial charge is 0.366 e. The van der Waals surface area contributed by atoms with Crippen LogP contribution in [0.15, 0.2) is 0 Å². The van der Waals surface area contributed by atoms with Gasteiger partial charge >= 0.3 is 0 Å². The van der Waals surface area contributed by atoms with Crippen molar-refractivity contribution < 1.29 is 0 Å². The SMILES string of the molecule is CC.CNC(=S)NC(C)C. The van der Waals surface area contributed by atoms with E-state index in [0.29, 0.717) is 11.2 Å². The highest BCUT2D eigenvalue weighted by Gasteiger charge is 1.91. The maximum atomic E-state index is 4.81. The lowest BCUT2D eigenvalue weighted by Gasteiger charge is -2.08. The minimum absolute atomic E-state index is 0.426. The molecule has 0 aliphatic rings. The highest BCUT2D eigenvalue weighted by molar-refractivity contribution is 7.80. The quantitative estimate of drug-likeness (QED) is 0.572. The van der Waals surface area contributed by atoms with Crippen molar-refractivity contribution in [2.45, 2.75) is 33.7 Å². The summed E-state index contributed by atoms with van der Waals surface area (Å²) in [4.78, 5) is 0. The van der Waals surface area contributed by atoms with Crippen LogP contribution in [0.2, 0.25) is 0 Å². The minimum Gasteiger partial charge on any atom is -0.366 e. The van der Waals surface area contributed by atoms with Crippen molar-refractivity contribution in [3.05, 3.63) is 0 Å². The predicted octanol–water partition coefficient (Wildman–Crippen LogP) is 1.51. The van der Waals surface area contributed by atoms with Gasteiger partial charge in [0.15, 0.2) is 5.11 Å². The van der Waals surface area contributed by atoms with Crippen LogP contribution < -0.4 is 10.6 Å². The topological polar surface area (TPSA) is 24.1 Å². The highest BCUT2D eigenvalue weighted by atomic mass is 32.1. The van der Waals surface area contributed by atoms with Gasteiger partial charge < -0.3 is 10.6 Å². The fourth-order valence-electron chi connectivity index (χ4n) is 0.334. The second kappa shape index (κ2) is 8.69. The summed E-state index contributed by atoms with van der Waals surface area (Å²) >= 11 is 4.81. The number of thiocarbonyl (C=S) groups is 1. The zero-order valence-electron chi connectivity index (χ0n) is 7.49. The summed E-state index contributed by atoms with van der Waals surface area (Å²) in [5.74, 6) is 0. The zero-order valence-corrected chi connectivity index (χ0v) is 8.30. The van der Waals surface area contributed by atoms with Gasteiger partial charge in [-0.05, 0) is 26.1 Å². The van der Waals surface area contributed by atoms with Gasteiger partial charge in [0.25, 0.3) is 0 Å². The fraction of sp³-hybridized carbons (Fsp3) is 0.857. The third-order valence-corrected chi connectivity index (χ3v) is 0.969. The first-order chi connectivity index (χ1) is 4.66. The average Bonchev–Trinajstić information content (AvgIpc) is 1.91. The van der Waals surface area contributed by atoms with Crippen molar-refractivity contribution in [2.75, 3.05) is 7.05 Å². The normalized spacial score (nSPS) is 7.80. The summed E-state index contributed by atoms with van der Waals surface area (Å²) in [6.07, 6.45) is 0. The van der Waals surface area contributed by atoms with Gasteiger partial charge in [0.2, 0.25) is 0 Å². The molecule has 0 atom stereocenters. The van der Waals surface area contributed by atoms with E-state index in [9.17, 15) is 0 Å². The second-order valence-corrected chi connectivity index (χ2v) is 2.29. The summed E-state index contributed by atoms with van der Waals surface area (Å²) in [6, 6.07) is 0.426. The third-order valence-electron chi connectivity index (χ3n) is 0.647. The van der Waals surface area contributed by atoms with Crippen LogP contribution in [0, 0.1) is 0 Å². The summed E-state index contributed by atoms with van der Waals surface area (Å²) in [7, 11) is 1.80. The first kappa shape index (κ1) is 12.4. The van der Waals surface area contributed by atoms with Crippen LogP contribution >= 0.6 is 12.2 Å². The molecular weight excluding hydrogens is 144 g/mol. The molecule has 0 saturated carbocycles. The summed E-state index contributed by atoms with van der Waals surface area (Å²) < 4.78 is 0. The highest BCUT2D eigenvalue weighted by Crippen LogP contribution is 1.74. The average molecular weight is 162 g/mol. The first-order valence-electron chi connectivity index (χ1n) is 3.65. The van der Waals surface area contributed by atoms with Crippen LogP contribution in [0.5, 0.6) is 0 Å². The molecule has 0 fully saturated rings. The Hall–Kier alpha value is -0.310. The lowest BCUT2D eigenvalue weighted by molar-refractivity contribution is 0.725. The van der Waals surface area contributed by atoms with Crippen LogP contribution in [-0.2, 0) is 0 Å². The van der Waals surface area contributed by atoms with E-state index in [1.165, 1.54) is 0 Å². The van der Waals surface area contributed by atoms with Crippen LogP contribution in [0.4, 0.5) is 0 Å². The fourth-order valence-corrected chi connectivity index (χ4v) is 0.570. The smallest absolute Gasteiger partial charge is 0.166 e. The van der Waals surface area contributed by atoms with Gasteiger partial charge in [0, 0.05) is 13.1 Å². The lowest BCUT2D eigenvalue weighted by Crippen LogP contribution is -2.36. The Bertz CT molecular complexity index is 81.7. The summed E-state index contributed by atoms with van der Waals surface area (Å²) in [6.45, 7) is 8.09. The van der Waals surface area contributed by atoms with Crippen LogP contribution in [0.3, 0.4) is 0 Å². The van der Waals surface area contributed by atoms with E-state index in [-0.39, 0.29) is 0 Å². The molecule has 0 amide bonds. The molecule has 0 rings (SSSR count). The lowest BCUT2D eigenvalue weighted by atomic mass is 10.4. The molecule has 2 N–H and O–H groups in total. The Labute approximate surface area is 69.4 Å². The van der Waals surface area contributed by atoms with E-state index in [0.717, 1.165) is 0 Å². The van der Waals surface area contributed by atoms with Gasteiger partial charge in [-0.15, -0.1) is 0 Å². The monoisotopic (exact) mass is 162 g/mol. The van der Waals surface area contributed by atoms with Crippen molar-refractivity contribution in [3.63, 3.8) is 0 Å². The molecule has 0 heterocycles. The Morgan fingerprint density at radius 2 is 1.70 bits per heavy atom. The van der Waals surface area contributed by atoms with Gasteiger partial charge in [-0.2, -0.15) is 0 Å². The molecule has 0 bridgehead atoms. The van der Waals surface area contributed by atoms with E-state index in [1.54, 1.807) is 7.05 Å². The third kappa shape index (κ3) is 10.6. The van der Waals surface area contributed by atoms with Crippen LogP contribution in [0.25, 0.3) is 0 Å². The molecule has 0 saturated heterocycles. The van der Waals surface area contributed by atoms with Crippen molar-refractivity contribution in [2.24, 2.45) is 0 Å². The standard InChI is InChI=1S/C5H12N2S.C2H6/c1-4(2)7-5(8)6-3;1-2/h4H,1-3H3,(H2,6,7,8);1-2H3. The Morgan fingerprint density at radius 3 is 1.80 bits per heavy atom. The molecule has 0 aliphatic carbocycles. The van der Waals surface area contributed by atoms with Crippen LogP contribution in [-0.4, -0.2) is 18.2 Å². The van der Waals surface area contributed by atoms with Gasteiger partial charge in [0.1, 0.15) is 0 Å². The Balaban J connectivity index is 0. The summed E-state index contributed by atoms with van der Waals surface area (Å²) in [5.41, 5.74) is 0. The number of nitrogens with one attached hydrogen (secondary N) is 2. The van der Waals surface area contributed by atoms with Gasteiger partial charge in [-0.3, -0.25) is 0 Å². The van der Waals surface area contributed by atoms with E-state index in [1.807, 2.05) is 27.7 Å². The molecule has 0 aromatic heterocycles.